The summed E-state index contributed by atoms with van der Waals surface area (Å²) in [5.41, 5.74) is 1.95. The first-order chi connectivity index (χ1) is 16.1. The van der Waals surface area contributed by atoms with Gasteiger partial charge in [-0.2, -0.15) is 0 Å². The number of nitrogens with one attached hydrogen (secondary N) is 1. The summed E-state index contributed by atoms with van der Waals surface area (Å²) in [4.78, 5) is 28.5. The Bertz CT molecular complexity index is 988. The number of piperidine rings is 2. The summed E-state index contributed by atoms with van der Waals surface area (Å²) in [5.74, 6) is 1.53. The van der Waals surface area contributed by atoms with Crippen molar-refractivity contribution in [3.8, 4) is 5.75 Å². The molecule has 2 heterocycles. The Balaban J connectivity index is 1.36. The van der Waals surface area contributed by atoms with Gasteiger partial charge in [-0.05, 0) is 54.4 Å². The van der Waals surface area contributed by atoms with Gasteiger partial charge in [0, 0.05) is 32.0 Å². The highest BCUT2D eigenvalue weighted by atomic mass is 16.5. The molecule has 1 unspecified atom stereocenters. The van der Waals surface area contributed by atoms with Crippen LogP contribution in [-0.2, 0) is 15.0 Å². The molecule has 5 heteroatoms. The van der Waals surface area contributed by atoms with E-state index in [-0.39, 0.29) is 22.7 Å². The smallest absolute Gasteiger partial charge is 0.233 e. The standard InChI is InChI=1S/C28H34N2O3/c1-33-23-11-9-21(10-12-23)24-20-29-25(31)19-27(24)15-17-30(18-16-27)26(32)28(13-5-6-14-28)22-7-3-2-4-8-22/h2-4,7-12,24H,5-6,13-20H2,1H3,(H,29,31). The number of nitrogens with zero attached hydrogens (tertiary/aromatic N) is 1. The molecule has 33 heavy (non-hydrogen) atoms. The molecule has 1 spiro atoms. The highest BCUT2D eigenvalue weighted by Gasteiger charge is 2.50. The Morgan fingerprint density at radius 3 is 2.27 bits per heavy atom. The van der Waals surface area contributed by atoms with E-state index < -0.39 is 0 Å². The second kappa shape index (κ2) is 8.85. The average Bonchev–Trinajstić information content (AvgIpc) is 3.36. The number of carbonyl (C=O) groups excluding carboxylic acids is 2. The minimum atomic E-state index is -0.370. The monoisotopic (exact) mass is 446 g/mol. The Labute approximate surface area is 196 Å². The lowest BCUT2D eigenvalue weighted by Crippen LogP contribution is -2.55. The van der Waals surface area contributed by atoms with Crippen molar-refractivity contribution in [2.45, 2.75) is 56.3 Å². The van der Waals surface area contributed by atoms with E-state index in [0.29, 0.717) is 18.9 Å². The van der Waals surface area contributed by atoms with Gasteiger partial charge in [0.2, 0.25) is 11.8 Å². The average molecular weight is 447 g/mol. The number of amides is 2. The molecular formula is C28H34N2O3. The van der Waals surface area contributed by atoms with E-state index in [9.17, 15) is 9.59 Å². The molecule has 2 aromatic rings. The predicted molar refractivity (Wildman–Crippen MR) is 128 cm³/mol. The van der Waals surface area contributed by atoms with Gasteiger partial charge in [0.15, 0.2) is 0 Å². The SMILES string of the molecule is COc1ccc(C2CNC(=O)CC23CCN(C(=O)C2(c4ccccc4)CCCC2)CC3)cc1. The summed E-state index contributed by atoms with van der Waals surface area (Å²) in [6.07, 6.45) is 6.37. The van der Waals surface area contributed by atoms with Gasteiger partial charge in [0.1, 0.15) is 5.75 Å². The Kier molecular flexibility index (Phi) is 5.90. The van der Waals surface area contributed by atoms with Crippen molar-refractivity contribution < 1.29 is 14.3 Å². The minimum absolute atomic E-state index is 0.0940. The van der Waals surface area contributed by atoms with Crippen LogP contribution in [0.2, 0.25) is 0 Å². The molecule has 5 rings (SSSR count). The molecule has 3 aliphatic rings. The molecule has 1 aliphatic carbocycles. The molecule has 0 aromatic heterocycles. The first-order valence-corrected chi connectivity index (χ1v) is 12.3. The first kappa shape index (κ1) is 22.0. The molecule has 1 saturated carbocycles. The van der Waals surface area contributed by atoms with Crippen molar-refractivity contribution in [2.75, 3.05) is 26.7 Å². The Hall–Kier alpha value is -2.82. The molecule has 2 aliphatic heterocycles. The van der Waals surface area contributed by atoms with Gasteiger partial charge >= 0.3 is 0 Å². The maximum Gasteiger partial charge on any atom is 0.233 e. The zero-order valence-electron chi connectivity index (χ0n) is 19.5. The summed E-state index contributed by atoms with van der Waals surface area (Å²) >= 11 is 0. The fourth-order valence-corrected chi connectivity index (χ4v) is 6.59. The van der Waals surface area contributed by atoms with Crippen LogP contribution in [0.4, 0.5) is 0 Å². The molecule has 5 nitrogen and oxygen atoms in total. The normalized spacial score (nSPS) is 23.8. The fourth-order valence-electron chi connectivity index (χ4n) is 6.59. The maximum absolute atomic E-state index is 13.9. The van der Waals surface area contributed by atoms with E-state index in [2.05, 4.69) is 34.5 Å². The number of hydrogen-bond donors (Lipinski definition) is 1. The van der Waals surface area contributed by atoms with E-state index in [1.54, 1.807) is 7.11 Å². The predicted octanol–water partition coefficient (Wildman–Crippen LogP) is 4.42. The molecule has 1 N–H and O–H groups in total. The minimum Gasteiger partial charge on any atom is -0.497 e. The summed E-state index contributed by atoms with van der Waals surface area (Å²) in [6.45, 7) is 2.12. The van der Waals surface area contributed by atoms with Gasteiger partial charge < -0.3 is 15.0 Å². The van der Waals surface area contributed by atoms with Crippen LogP contribution in [0.3, 0.4) is 0 Å². The van der Waals surface area contributed by atoms with Crippen LogP contribution < -0.4 is 10.1 Å². The number of rotatable bonds is 4. The third kappa shape index (κ3) is 3.92. The second-order valence-corrected chi connectivity index (χ2v) is 10.1. The number of ether oxygens (including phenoxy) is 1. The highest BCUT2D eigenvalue weighted by molar-refractivity contribution is 5.89. The third-order valence-corrected chi connectivity index (χ3v) is 8.51. The fraction of sp³-hybridized carbons (Fsp3) is 0.500. The van der Waals surface area contributed by atoms with Gasteiger partial charge in [0.05, 0.1) is 12.5 Å². The lowest BCUT2D eigenvalue weighted by molar-refractivity contribution is -0.141. The number of likely N-dealkylation sites (tertiary alicyclic amines) is 1. The summed E-state index contributed by atoms with van der Waals surface area (Å²) in [7, 11) is 1.68. The van der Waals surface area contributed by atoms with Crippen LogP contribution in [0.25, 0.3) is 0 Å². The van der Waals surface area contributed by atoms with Crippen LogP contribution in [0.15, 0.2) is 54.6 Å². The van der Waals surface area contributed by atoms with Gasteiger partial charge in [0.25, 0.3) is 0 Å². The van der Waals surface area contributed by atoms with Gasteiger partial charge in [-0.3, -0.25) is 9.59 Å². The van der Waals surface area contributed by atoms with E-state index in [1.165, 1.54) is 11.1 Å². The van der Waals surface area contributed by atoms with Crippen LogP contribution in [0.5, 0.6) is 5.75 Å². The molecule has 1 atom stereocenters. The van der Waals surface area contributed by atoms with Crippen molar-refractivity contribution >= 4 is 11.8 Å². The lowest BCUT2D eigenvalue weighted by atomic mass is 9.62. The van der Waals surface area contributed by atoms with E-state index in [4.69, 9.17) is 4.74 Å². The van der Waals surface area contributed by atoms with Gasteiger partial charge in [-0.1, -0.05) is 55.3 Å². The van der Waals surface area contributed by atoms with Crippen molar-refractivity contribution in [2.24, 2.45) is 5.41 Å². The summed E-state index contributed by atoms with van der Waals surface area (Å²) < 4.78 is 5.33. The Morgan fingerprint density at radius 1 is 0.970 bits per heavy atom. The van der Waals surface area contributed by atoms with Crippen LogP contribution in [0, 0.1) is 5.41 Å². The van der Waals surface area contributed by atoms with E-state index >= 15 is 0 Å². The number of benzene rings is 2. The molecule has 2 saturated heterocycles. The quantitative estimate of drug-likeness (QED) is 0.756. The molecule has 3 fully saturated rings. The van der Waals surface area contributed by atoms with Crippen molar-refractivity contribution in [1.82, 2.24) is 10.2 Å². The van der Waals surface area contributed by atoms with E-state index in [1.807, 2.05) is 30.3 Å². The molecule has 0 radical (unpaired) electrons. The third-order valence-electron chi connectivity index (χ3n) is 8.51. The number of hydrogen-bond acceptors (Lipinski definition) is 3. The zero-order chi connectivity index (χ0) is 22.9. The van der Waals surface area contributed by atoms with Crippen LogP contribution in [-0.4, -0.2) is 43.5 Å². The van der Waals surface area contributed by atoms with Crippen LogP contribution in [0.1, 0.15) is 62.0 Å². The molecule has 174 valence electrons. The lowest BCUT2D eigenvalue weighted by Gasteiger charge is -2.50. The van der Waals surface area contributed by atoms with Crippen molar-refractivity contribution in [3.05, 3.63) is 65.7 Å². The first-order valence-electron chi connectivity index (χ1n) is 12.3. The maximum atomic E-state index is 13.9. The van der Waals surface area contributed by atoms with Crippen LogP contribution >= 0.6 is 0 Å². The van der Waals surface area contributed by atoms with Gasteiger partial charge in [-0.15, -0.1) is 0 Å². The molecular weight excluding hydrogens is 412 g/mol. The number of carbonyl (C=O) groups is 2. The van der Waals surface area contributed by atoms with E-state index in [0.717, 1.165) is 57.4 Å². The van der Waals surface area contributed by atoms with Crippen molar-refractivity contribution in [3.63, 3.8) is 0 Å². The number of methoxy groups -OCH3 is 1. The molecule has 0 bridgehead atoms. The largest absolute Gasteiger partial charge is 0.497 e. The highest BCUT2D eigenvalue weighted by Crippen LogP contribution is 2.50. The van der Waals surface area contributed by atoms with Gasteiger partial charge in [-0.25, -0.2) is 0 Å². The summed E-state index contributed by atoms with van der Waals surface area (Å²) in [5, 5.41) is 3.09. The molecule has 2 amide bonds. The second-order valence-electron chi connectivity index (χ2n) is 10.1. The summed E-state index contributed by atoms with van der Waals surface area (Å²) in [6, 6.07) is 18.6. The topological polar surface area (TPSA) is 58.6 Å². The zero-order valence-corrected chi connectivity index (χ0v) is 19.5. The molecule has 2 aromatic carbocycles. The van der Waals surface area contributed by atoms with Crippen molar-refractivity contribution in [1.29, 1.82) is 0 Å². The Morgan fingerprint density at radius 2 is 1.64 bits per heavy atom.